The molecule has 3 aromatic rings. The molecule has 3 heterocycles. The monoisotopic (exact) mass is 378 g/mol. The Hall–Kier alpha value is -3.22. The summed E-state index contributed by atoms with van der Waals surface area (Å²) in [6.45, 7) is 1.42. The van der Waals surface area contributed by atoms with Crippen LogP contribution in [0.4, 0.5) is 4.79 Å². The first-order valence-electron chi connectivity index (χ1n) is 9.65. The average molecular weight is 378 g/mol. The van der Waals surface area contributed by atoms with Crippen LogP contribution in [0.5, 0.6) is 11.5 Å². The molecular formula is C21H22N4O3. The molecule has 1 aromatic heterocycles. The van der Waals surface area contributed by atoms with E-state index in [4.69, 9.17) is 14.5 Å². The number of para-hydroxylation sites is 2. The van der Waals surface area contributed by atoms with E-state index in [1.165, 1.54) is 0 Å². The summed E-state index contributed by atoms with van der Waals surface area (Å²) in [5, 5.41) is 3.04. The van der Waals surface area contributed by atoms with E-state index in [-0.39, 0.29) is 18.9 Å². The Bertz CT molecular complexity index is 983. The summed E-state index contributed by atoms with van der Waals surface area (Å²) in [6.07, 6.45) is 3.01. The molecule has 1 atom stereocenters. The van der Waals surface area contributed by atoms with Crippen LogP contribution in [0.1, 0.15) is 36.7 Å². The number of nitrogens with zero attached hydrogens (tertiary/aromatic N) is 2. The molecule has 2 aliphatic rings. The van der Waals surface area contributed by atoms with Crippen molar-refractivity contribution < 1.29 is 14.3 Å². The summed E-state index contributed by atoms with van der Waals surface area (Å²) >= 11 is 0. The molecule has 2 N–H and O–H groups in total. The number of fused-ring (bicyclic) bond motifs is 2. The van der Waals surface area contributed by atoms with Crippen molar-refractivity contribution in [2.75, 3.05) is 13.3 Å². The number of aromatic nitrogens is 2. The zero-order valence-electron chi connectivity index (χ0n) is 15.5. The fourth-order valence-corrected chi connectivity index (χ4v) is 3.92. The number of piperidine rings is 1. The van der Waals surface area contributed by atoms with E-state index in [1.807, 2.05) is 47.4 Å². The number of imidazole rings is 1. The number of hydrogen-bond donors (Lipinski definition) is 2. The second-order valence-corrected chi connectivity index (χ2v) is 7.19. The lowest BCUT2D eigenvalue weighted by atomic mass is 10.0. The van der Waals surface area contributed by atoms with Gasteiger partial charge >= 0.3 is 6.03 Å². The van der Waals surface area contributed by atoms with Crippen LogP contribution in [-0.2, 0) is 6.54 Å². The molecule has 0 radical (unpaired) electrons. The third kappa shape index (κ3) is 3.13. The number of carbonyl (C=O) groups is 1. The van der Waals surface area contributed by atoms with Gasteiger partial charge in [-0.25, -0.2) is 9.78 Å². The van der Waals surface area contributed by atoms with Gasteiger partial charge in [-0.3, -0.25) is 0 Å². The fraction of sp³-hybridized carbons (Fsp3) is 0.333. The van der Waals surface area contributed by atoms with E-state index in [1.54, 1.807) is 0 Å². The third-order valence-corrected chi connectivity index (χ3v) is 5.37. The van der Waals surface area contributed by atoms with E-state index < -0.39 is 0 Å². The van der Waals surface area contributed by atoms with Gasteiger partial charge in [0.2, 0.25) is 6.79 Å². The average Bonchev–Trinajstić information content (AvgIpc) is 3.38. The summed E-state index contributed by atoms with van der Waals surface area (Å²) in [7, 11) is 0. The third-order valence-electron chi connectivity index (χ3n) is 5.37. The molecular weight excluding hydrogens is 356 g/mol. The molecule has 7 heteroatoms. The van der Waals surface area contributed by atoms with Crippen molar-refractivity contribution >= 4 is 17.1 Å². The molecule has 1 saturated heterocycles. The predicted molar refractivity (Wildman–Crippen MR) is 104 cm³/mol. The van der Waals surface area contributed by atoms with Crippen LogP contribution in [0.2, 0.25) is 0 Å². The molecule has 0 saturated carbocycles. The van der Waals surface area contributed by atoms with Crippen molar-refractivity contribution in [1.82, 2.24) is 20.2 Å². The van der Waals surface area contributed by atoms with Crippen molar-refractivity contribution in [2.45, 2.75) is 31.8 Å². The van der Waals surface area contributed by atoms with Crippen LogP contribution in [0.25, 0.3) is 11.0 Å². The standard InChI is InChI=1S/C21H22N4O3/c26-21(22-12-14-8-9-18-19(11-14)28-13-27-18)25-10-4-3-7-17(25)20-23-15-5-1-2-6-16(15)24-20/h1-2,5-6,8-9,11,17H,3-4,7,10,12-13H2,(H,22,26)(H,23,24)/t17-/m1/s1. The maximum Gasteiger partial charge on any atom is 0.318 e. The molecule has 7 nitrogen and oxygen atoms in total. The molecule has 1 fully saturated rings. The Morgan fingerprint density at radius 3 is 3.00 bits per heavy atom. The van der Waals surface area contributed by atoms with Gasteiger partial charge in [0, 0.05) is 13.1 Å². The summed E-state index contributed by atoms with van der Waals surface area (Å²) in [4.78, 5) is 22.9. The molecule has 0 bridgehead atoms. The molecule has 144 valence electrons. The largest absolute Gasteiger partial charge is 0.454 e. The minimum absolute atomic E-state index is 0.0297. The van der Waals surface area contributed by atoms with Crippen LogP contribution in [0.3, 0.4) is 0 Å². The highest BCUT2D eigenvalue weighted by Gasteiger charge is 2.30. The molecule has 5 rings (SSSR count). The molecule has 0 unspecified atom stereocenters. The quantitative estimate of drug-likeness (QED) is 0.728. The Kier molecular flexibility index (Phi) is 4.27. The first kappa shape index (κ1) is 16.9. The number of H-pyrrole nitrogens is 1. The lowest BCUT2D eigenvalue weighted by Crippen LogP contribution is -2.44. The van der Waals surface area contributed by atoms with E-state index in [0.29, 0.717) is 6.54 Å². The number of aromatic amines is 1. The lowest BCUT2D eigenvalue weighted by molar-refractivity contribution is 0.147. The van der Waals surface area contributed by atoms with E-state index in [2.05, 4.69) is 10.3 Å². The van der Waals surface area contributed by atoms with E-state index in [9.17, 15) is 4.79 Å². The summed E-state index contributed by atoms with van der Waals surface area (Å²) in [6, 6.07) is 13.6. The van der Waals surface area contributed by atoms with E-state index in [0.717, 1.165) is 59.7 Å². The highest BCUT2D eigenvalue weighted by atomic mass is 16.7. The zero-order valence-corrected chi connectivity index (χ0v) is 15.5. The molecule has 0 spiro atoms. The molecule has 2 aromatic carbocycles. The van der Waals surface area contributed by atoms with Crippen molar-refractivity contribution in [3.63, 3.8) is 0 Å². The van der Waals surface area contributed by atoms with E-state index >= 15 is 0 Å². The van der Waals surface area contributed by atoms with Crippen LogP contribution in [0, 0.1) is 0 Å². The van der Waals surface area contributed by atoms with Crippen molar-refractivity contribution in [3.05, 3.63) is 53.9 Å². The highest BCUT2D eigenvalue weighted by Crippen LogP contribution is 2.33. The van der Waals surface area contributed by atoms with Crippen molar-refractivity contribution in [1.29, 1.82) is 0 Å². The Morgan fingerprint density at radius 2 is 2.07 bits per heavy atom. The Balaban J connectivity index is 1.30. The number of carbonyl (C=O) groups excluding carboxylic acids is 1. The summed E-state index contributed by atoms with van der Waals surface area (Å²) in [5.41, 5.74) is 2.92. The Morgan fingerprint density at radius 1 is 1.18 bits per heavy atom. The molecule has 2 amide bonds. The van der Waals surface area contributed by atoms with Gasteiger partial charge in [0.05, 0.1) is 17.1 Å². The molecule has 0 aliphatic carbocycles. The van der Waals surface area contributed by atoms with Crippen LogP contribution in [0.15, 0.2) is 42.5 Å². The first-order valence-corrected chi connectivity index (χ1v) is 9.65. The number of likely N-dealkylation sites (tertiary alicyclic amines) is 1. The maximum absolute atomic E-state index is 12.9. The van der Waals surface area contributed by atoms with Gasteiger partial charge in [0.15, 0.2) is 11.5 Å². The first-order chi connectivity index (χ1) is 13.8. The number of benzene rings is 2. The normalized spacial score (nSPS) is 18.4. The minimum atomic E-state index is -0.0668. The van der Waals surface area contributed by atoms with Crippen LogP contribution in [-0.4, -0.2) is 34.2 Å². The van der Waals surface area contributed by atoms with Crippen LogP contribution >= 0.6 is 0 Å². The lowest BCUT2D eigenvalue weighted by Gasteiger charge is -2.34. The second kappa shape index (κ2) is 7.07. The molecule has 2 aliphatic heterocycles. The van der Waals surface area contributed by atoms with Crippen molar-refractivity contribution in [3.8, 4) is 11.5 Å². The SMILES string of the molecule is O=C(NCc1ccc2c(c1)OCO2)N1CCCC[C@@H]1c1nc2ccccc2[nH]1. The number of urea groups is 1. The topological polar surface area (TPSA) is 79.5 Å². The maximum atomic E-state index is 12.9. The van der Waals surface area contributed by atoms with Gasteiger partial charge in [-0.1, -0.05) is 18.2 Å². The highest BCUT2D eigenvalue weighted by molar-refractivity contribution is 5.76. The van der Waals surface area contributed by atoms with Crippen LogP contribution < -0.4 is 14.8 Å². The number of nitrogens with one attached hydrogen (secondary N) is 2. The van der Waals surface area contributed by atoms with Gasteiger partial charge in [-0.15, -0.1) is 0 Å². The van der Waals surface area contributed by atoms with Gasteiger partial charge in [0.1, 0.15) is 5.82 Å². The molecule has 28 heavy (non-hydrogen) atoms. The van der Waals surface area contributed by atoms with Gasteiger partial charge in [-0.2, -0.15) is 0 Å². The predicted octanol–water partition coefficient (Wildman–Crippen LogP) is 3.73. The van der Waals surface area contributed by atoms with Gasteiger partial charge < -0.3 is 24.7 Å². The number of amides is 2. The smallest absolute Gasteiger partial charge is 0.318 e. The Labute approximate surface area is 162 Å². The van der Waals surface area contributed by atoms with Crippen molar-refractivity contribution in [2.24, 2.45) is 0 Å². The number of ether oxygens (including phenoxy) is 2. The summed E-state index contributed by atoms with van der Waals surface area (Å²) < 4.78 is 10.7. The number of rotatable bonds is 3. The second-order valence-electron chi connectivity index (χ2n) is 7.19. The fourth-order valence-electron chi connectivity index (χ4n) is 3.92. The minimum Gasteiger partial charge on any atom is -0.454 e. The van der Waals surface area contributed by atoms with Gasteiger partial charge in [-0.05, 0) is 49.1 Å². The van der Waals surface area contributed by atoms with Gasteiger partial charge in [0.25, 0.3) is 0 Å². The summed E-state index contributed by atoms with van der Waals surface area (Å²) in [5.74, 6) is 2.33. The number of hydrogen-bond acceptors (Lipinski definition) is 4. The zero-order chi connectivity index (χ0) is 18.9.